The van der Waals surface area contributed by atoms with E-state index >= 15 is 0 Å². The molecule has 3 rings (SSSR count). The van der Waals surface area contributed by atoms with Crippen LogP contribution in [0.4, 0.5) is 0 Å². The first kappa shape index (κ1) is 30.3. The largest absolute Gasteiger partial charge is 0.371 e. The van der Waals surface area contributed by atoms with E-state index in [1.165, 1.54) is 51.4 Å². The van der Waals surface area contributed by atoms with Gasteiger partial charge in [-0.05, 0) is 125 Å². The van der Waals surface area contributed by atoms with E-state index in [1.54, 1.807) is 5.57 Å². The Morgan fingerprint density at radius 1 is 1.05 bits per heavy atom. The monoisotopic (exact) mass is 519 g/mol. The zero-order valence-corrected chi connectivity index (χ0v) is 24.7. The molecule has 0 radical (unpaired) electrons. The molecule has 2 bridgehead atoms. The normalized spacial score (nSPS) is 30.5. The number of aldehydes is 1. The van der Waals surface area contributed by atoms with E-state index in [-0.39, 0.29) is 0 Å². The predicted molar refractivity (Wildman–Crippen MR) is 164 cm³/mol. The van der Waals surface area contributed by atoms with E-state index in [9.17, 15) is 4.79 Å². The number of carbonyl (C=O) groups excluding carboxylic acids is 1. The summed E-state index contributed by atoms with van der Waals surface area (Å²) in [4.78, 5) is 22.6. The van der Waals surface area contributed by atoms with Crippen LogP contribution in [0.25, 0.3) is 0 Å². The third kappa shape index (κ3) is 9.20. The number of nitrogens with zero attached hydrogens (tertiary/aromatic N) is 3. The number of carbonyl (C=O) groups is 1. The molecule has 1 saturated heterocycles. The number of fused-ring (bicyclic) bond motifs is 3. The van der Waals surface area contributed by atoms with Crippen molar-refractivity contribution in [3.05, 3.63) is 48.2 Å². The Labute approximate surface area is 233 Å². The van der Waals surface area contributed by atoms with Gasteiger partial charge in [0.15, 0.2) is 6.29 Å². The van der Waals surface area contributed by atoms with Crippen LogP contribution in [0.1, 0.15) is 85.0 Å². The predicted octanol–water partition coefficient (Wildman–Crippen LogP) is 7.88. The van der Waals surface area contributed by atoms with Gasteiger partial charge in [-0.1, -0.05) is 44.2 Å². The maximum absolute atomic E-state index is 11.6. The van der Waals surface area contributed by atoms with Crippen molar-refractivity contribution in [2.75, 3.05) is 26.7 Å². The highest BCUT2D eigenvalue weighted by Gasteiger charge is 2.37. The second kappa shape index (κ2) is 16.0. The number of rotatable bonds is 12. The Hall–Kier alpha value is -2.23. The molecule has 3 unspecified atom stereocenters. The molecule has 210 valence electrons. The average molecular weight is 520 g/mol. The Morgan fingerprint density at radius 3 is 2.32 bits per heavy atom. The highest BCUT2D eigenvalue weighted by Crippen LogP contribution is 2.45. The standard InChI is InChI=1S/C34H53N3O/c1-6-18-36-33(25-38)22-34(7-2)37-23-28-11-12-29(24-37)21-32(20-28)31-15-13-30(14-16-31)27(4)10-8-9-26(3)17-19-35-5/h7-10,19,22,25-26,28-32H,2,6,11-18,20-21,23-24H2,1,3-5H3/b9-8-,27-10+,34-22+,35-19?,36-33?. The molecule has 38 heavy (non-hydrogen) atoms. The van der Waals surface area contributed by atoms with Gasteiger partial charge in [-0.3, -0.25) is 9.79 Å². The fourth-order valence-electron chi connectivity index (χ4n) is 7.00. The van der Waals surface area contributed by atoms with Gasteiger partial charge >= 0.3 is 0 Å². The fourth-order valence-corrected chi connectivity index (χ4v) is 7.00. The summed E-state index contributed by atoms with van der Waals surface area (Å²) >= 11 is 0. The summed E-state index contributed by atoms with van der Waals surface area (Å²) in [7, 11) is 1.85. The fraction of sp³-hybridized carbons (Fsp3) is 0.676. The van der Waals surface area contributed by atoms with E-state index in [4.69, 9.17) is 0 Å². The van der Waals surface area contributed by atoms with Gasteiger partial charge in [-0.2, -0.15) is 0 Å². The summed E-state index contributed by atoms with van der Waals surface area (Å²) in [5.74, 6) is 4.57. The molecule has 1 heterocycles. The molecule has 3 aliphatic rings. The number of likely N-dealkylation sites (tertiary alicyclic amines) is 1. The minimum absolute atomic E-state index is 0.545. The molecule has 0 N–H and O–H groups in total. The maximum atomic E-state index is 11.6. The van der Waals surface area contributed by atoms with Crippen LogP contribution in [0, 0.1) is 35.5 Å². The van der Waals surface area contributed by atoms with E-state index in [0.29, 0.717) is 18.2 Å². The summed E-state index contributed by atoms with van der Waals surface area (Å²) in [6.07, 6.45) is 26.6. The molecule has 3 fully saturated rings. The second-order valence-corrected chi connectivity index (χ2v) is 12.2. The van der Waals surface area contributed by atoms with E-state index < -0.39 is 0 Å². The molecule has 0 aromatic carbocycles. The molecule has 2 saturated carbocycles. The van der Waals surface area contributed by atoms with Crippen molar-refractivity contribution in [3.8, 4) is 0 Å². The highest BCUT2D eigenvalue weighted by atomic mass is 16.1. The maximum Gasteiger partial charge on any atom is 0.168 e. The smallest absolute Gasteiger partial charge is 0.168 e. The summed E-state index contributed by atoms with van der Waals surface area (Å²) in [5.41, 5.74) is 3.18. The molecule has 2 aliphatic carbocycles. The van der Waals surface area contributed by atoms with Crippen LogP contribution in [0.5, 0.6) is 0 Å². The van der Waals surface area contributed by atoms with Crippen LogP contribution in [0.15, 0.2) is 58.2 Å². The van der Waals surface area contributed by atoms with E-state index in [1.807, 2.05) is 25.4 Å². The lowest BCUT2D eigenvalue weighted by Crippen LogP contribution is -2.36. The van der Waals surface area contributed by atoms with Crippen LogP contribution < -0.4 is 0 Å². The Balaban J connectivity index is 1.56. The Morgan fingerprint density at radius 2 is 1.74 bits per heavy atom. The summed E-state index contributed by atoms with van der Waals surface area (Å²) in [6, 6.07) is 0. The zero-order chi connectivity index (χ0) is 27.3. The first-order valence-electron chi connectivity index (χ1n) is 15.3. The van der Waals surface area contributed by atoms with Crippen molar-refractivity contribution in [1.29, 1.82) is 0 Å². The third-order valence-electron chi connectivity index (χ3n) is 9.26. The Bertz CT molecular complexity index is 887. The molecule has 0 spiro atoms. The summed E-state index contributed by atoms with van der Waals surface area (Å²) < 4.78 is 0. The molecule has 0 aromatic rings. The summed E-state index contributed by atoms with van der Waals surface area (Å²) in [6.45, 7) is 13.7. The van der Waals surface area contributed by atoms with Crippen LogP contribution in [-0.2, 0) is 4.79 Å². The lowest BCUT2D eigenvalue weighted by atomic mass is 9.70. The molecule has 4 nitrogen and oxygen atoms in total. The SMILES string of the molecule is C=C/C(=C\C(C=O)=NCCC)N1CC2CCC(CC(C3CCC(/C(C)=C/C=C\C(C)CC=NC)CC3)C2)C1. The molecule has 0 amide bonds. The van der Waals surface area contributed by atoms with Gasteiger partial charge in [0.2, 0.25) is 0 Å². The first-order chi connectivity index (χ1) is 18.5. The second-order valence-electron chi connectivity index (χ2n) is 12.2. The molecule has 1 aliphatic heterocycles. The van der Waals surface area contributed by atoms with Gasteiger partial charge < -0.3 is 9.89 Å². The molecular formula is C34H53N3O. The average Bonchev–Trinajstić information content (AvgIpc) is 3.25. The van der Waals surface area contributed by atoms with Crippen LogP contribution in [-0.4, -0.2) is 49.8 Å². The first-order valence-corrected chi connectivity index (χ1v) is 15.3. The lowest BCUT2D eigenvalue weighted by Gasteiger charge is -2.39. The number of aliphatic imine (C=N–C) groups is 2. The van der Waals surface area contributed by atoms with Crippen LogP contribution in [0.3, 0.4) is 0 Å². The van der Waals surface area contributed by atoms with Crippen molar-refractivity contribution in [2.45, 2.75) is 85.0 Å². The van der Waals surface area contributed by atoms with E-state index in [2.05, 4.69) is 60.5 Å². The zero-order valence-electron chi connectivity index (χ0n) is 24.7. The third-order valence-corrected chi connectivity index (χ3v) is 9.26. The molecule has 0 aromatic heterocycles. The lowest BCUT2D eigenvalue weighted by molar-refractivity contribution is -0.102. The van der Waals surface area contributed by atoms with Gasteiger partial charge in [0.05, 0.1) is 5.71 Å². The topological polar surface area (TPSA) is 45.0 Å². The van der Waals surface area contributed by atoms with Crippen LogP contribution >= 0.6 is 0 Å². The van der Waals surface area contributed by atoms with Gasteiger partial charge in [0.1, 0.15) is 0 Å². The van der Waals surface area contributed by atoms with Crippen molar-refractivity contribution < 1.29 is 4.79 Å². The van der Waals surface area contributed by atoms with Crippen LogP contribution in [0.2, 0.25) is 0 Å². The summed E-state index contributed by atoms with van der Waals surface area (Å²) in [5, 5.41) is 0. The number of hydrogen-bond donors (Lipinski definition) is 0. The van der Waals surface area contributed by atoms with Crippen molar-refractivity contribution in [3.63, 3.8) is 0 Å². The van der Waals surface area contributed by atoms with Crippen molar-refractivity contribution in [1.82, 2.24) is 4.90 Å². The molecular weight excluding hydrogens is 466 g/mol. The number of allylic oxidation sites excluding steroid dienone is 6. The van der Waals surface area contributed by atoms with Gasteiger partial charge in [-0.15, -0.1) is 0 Å². The minimum Gasteiger partial charge on any atom is -0.371 e. The van der Waals surface area contributed by atoms with Gasteiger partial charge in [0, 0.05) is 32.4 Å². The Kier molecular flexibility index (Phi) is 12.8. The highest BCUT2D eigenvalue weighted by molar-refractivity contribution is 6.34. The number of hydrogen-bond acceptors (Lipinski definition) is 4. The quantitative estimate of drug-likeness (QED) is 0.149. The van der Waals surface area contributed by atoms with Gasteiger partial charge in [0.25, 0.3) is 0 Å². The van der Waals surface area contributed by atoms with Crippen molar-refractivity contribution >= 4 is 18.2 Å². The molecule has 4 heteroatoms. The van der Waals surface area contributed by atoms with Gasteiger partial charge in [-0.25, -0.2) is 0 Å². The molecule has 3 atom stereocenters. The minimum atomic E-state index is 0.545. The van der Waals surface area contributed by atoms with E-state index in [0.717, 1.165) is 67.5 Å². The van der Waals surface area contributed by atoms with Crippen molar-refractivity contribution in [2.24, 2.45) is 45.5 Å².